The van der Waals surface area contributed by atoms with Gasteiger partial charge in [-0.2, -0.15) is 0 Å². The smallest absolute Gasteiger partial charge is 0.236 e. The van der Waals surface area contributed by atoms with Crippen LogP contribution in [0.5, 0.6) is 0 Å². The molecule has 0 bridgehead atoms. The fourth-order valence-corrected chi connectivity index (χ4v) is 4.36. The van der Waals surface area contributed by atoms with Gasteiger partial charge in [0, 0.05) is 36.2 Å². The van der Waals surface area contributed by atoms with E-state index < -0.39 is 0 Å². The lowest BCUT2D eigenvalue weighted by molar-refractivity contribution is -0.131. The molecule has 3 rings (SSSR count). The summed E-state index contributed by atoms with van der Waals surface area (Å²) < 4.78 is 0. The molecule has 1 unspecified atom stereocenters. The van der Waals surface area contributed by atoms with Crippen molar-refractivity contribution in [2.24, 2.45) is 0 Å². The summed E-state index contributed by atoms with van der Waals surface area (Å²) in [7, 11) is 2.07. The Morgan fingerprint density at radius 2 is 2.10 bits per heavy atom. The number of carbonyl (C=O) groups is 1. The van der Waals surface area contributed by atoms with Gasteiger partial charge in [0.1, 0.15) is 0 Å². The van der Waals surface area contributed by atoms with E-state index in [4.69, 9.17) is 0 Å². The molecule has 2 heterocycles. The van der Waals surface area contributed by atoms with Crippen molar-refractivity contribution in [1.82, 2.24) is 9.80 Å². The topological polar surface area (TPSA) is 23.6 Å². The van der Waals surface area contributed by atoms with Crippen molar-refractivity contribution in [1.29, 1.82) is 0 Å². The number of likely N-dealkylation sites (N-methyl/N-ethyl adjacent to an activating group) is 1. The predicted molar refractivity (Wildman–Crippen MR) is 83.2 cm³/mol. The van der Waals surface area contributed by atoms with Gasteiger partial charge >= 0.3 is 0 Å². The van der Waals surface area contributed by atoms with E-state index in [0.29, 0.717) is 18.4 Å². The van der Waals surface area contributed by atoms with E-state index in [9.17, 15) is 4.79 Å². The number of hydrogen-bond donors (Lipinski definition) is 0. The summed E-state index contributed by atoms with van der Waals surface area (Å²) in [6.07, 6.45) is 2.34. The first kappa shape index (κ1) is 14.0. The van der Waals surface area contributed by atoms with Crippen molar-refractivity contribution < 1.29 is 4.79 Å². The maximum absolute atomic E-state index is 12.2. The minimum atomic E-state index is 0.295. The van der Waals surface area contributed by atoms with Crippen molar-refractivity contribution in [2.45, 2.75) is 23.7 Å². The van der Waals surface area contributed by atoms with Gasteiger partial charge in [0.2, 0.25) is 5.91 Å². The summed E-state index contributed by atoms with van der Waals surface area (Å²) >= 11 is 1.94. The van der Waals surface area contributed by atoms with Crippen LogP contribution in [0.2, 0.25) is 0 Å². The highest BCUT2D eigenvalue weighted by molar-refractivity contribution is 7.99. The summed E-state index contributed by atoms with van der Waals surface area (Å²) in [4.78, 5) is 17.8. The molecule has 0 aliphatic carbocycles. The van der Waals surface area contributed by atoms with E-state index in [-0.39, 0.29) is 0 Å². The number of thioether (sulfide) groups is 1. The van der Waals surface area contributed by atoms with Crippen LogP contribution in [0.25, 0.3) is 0 Å². The van der Waals surface area contributed by atoms with E-state index in [1.165, 1.54) is 23.3 Å². The SMILES string of the molecule is CN(CC(=O)N1CCCC1)CC1CSc2ccccc21. The number of carbonyl (C=O) groups excluding carboxylic acids is 1. The lowest BCUT2D eigenvalue weighted by atomic mass is 10.0. The average Bonchev–Trinajstić information content (AvgIpc) is 3.09. The molecule has 0 spiro atoms. The highest BCUT2D eigenvalue weighted by atomic mass is 32.2. The molecule has 1 amide bonds. The molecule has 0 saturated carbocycles. The monoisotopic (exact) mass is 290 g/mol. The van der Waals surface area contributed by atoms with Crippen LogP contribution < -0.4 is 0 Å². The third-order valence-electron chi connectivity index (χ3n) is 4.19. The Hall–Kier alpha value is -1.00. The normalized spacial score (nSPS) is 21.5. The first-order valence-electron chi connectivity index (χ1n) is 7.42. The van der Waals surface area contributed by atoms with Crippen LogP contribution in [0, 0.1) is 0 Å². The van der Waals surface area contributed by atoms with Gasteiger partial charge in [-0.05, 0) is 31.5 Å². The molecule has 2 aliphatic rings. The lowest BCUT2D eigenvalue weighted by Crippen LogP contribution is -2.38. The second-order valence-corrected chi connectivity index (χ2v) is 6.89. The Balaban J connectivity index is 1.54. The van der Waals surface area contributed by atoms with Gasteiger partial charge in [-0.15, -0.1) is 11.8 Å². The second kappa shape index (κ2) is 6.19. The van der Waals surface area contributed by atoms with Gasteiger partial charge < -0.3 is 4.90 Å². The number of fused-ring (bicyclic) bond motifs is 1. The quantitative estimate of drug-likeness (QED) is 0.851. The second-order valence-electron chi connectivity index (χ2n) is 5.83. The average molecular weight is 290 g/mol. The Kier molecular flexibility index (Phi) is 4.32. The van der Waals surface area contributed by atoms with E-state index >= 15 is 0 Å². The van der Waals surface area contributed by atoms with E-state index in [2.05, 4.69) is 36.2 Å². The van der Waals surface area contributed by atoms with Crippen LogP contribution in [0.4, 0.5) is 0 Å². The highest BCUT2D eigenvalue weighted by Crippen LogP contribution is 2.39. The third kappa shape index (κ3) is 3.01. The van der Waals surface area contributed by atoms with Crippen LogP contribution in [0.3, 0.4) is 0 Å². The molecule has 1 saturated heterocycles. The number of hydrogen-bond acceptors (Lipinski definition) is 3. The van der Waals surface area contributed by atoms with Gasteiger partial charge in [0.05, 0.1) is 6.54 Å². The molecule has 2 aliphatic heterocycles. The Morgan fingerprint density at radius 3 is 2.90 bits per heavy atom. The number of nitrogens with zero attached hydrogens (tertiary/aromatic N) is 2. The van der Waals surface area contributed by atoms with Gasteiger partial charge in [-0.25, -0.2) is 0 Å². The first-order valence-corrected chi connectivity index (χ1v) is 8.40. The summed E-state index contributed by atoms with van der Waals surface area (Å²) in [5.41, 5.74) is 1.46. The van der Waals surface area contributed by atoms with Crippen molar-refractivity contribution in [3.63, 3.8) is 0 Å². The molecular formula is C16H22N2OS. The highest BCUT2D eigenvalue weighted by Gasteiger charge is 2.25. The Morgan fingerprint density at radius 1 is 1.35 bits per heavy atom. The van der Waals surface area contributed by atoms with Crippen LogP contribution in [0.1, 0.15) is 24.3 Å². The summed E-state index contributed by atoms with van der Waals surface area (Å²) in [6, 6.07) is 8.66. The van der Waals surface area contributed by atoms with E-state index in [1.54, 1.807) is 0 Å². The maximum atomic E-state index is 12.2. The largest absolute Gasteiger partial charge is 0.342 e. The first-order chi connectivity index (χ1) is 9.74. The van der Waals surface area contributed by atoms with Crippen LogP contribution in [-0.2, 0) is 4.79 Å². The number of rotatable bonds is 4. The molecule has 4 heteroatoms. The van der Waals surface area contributed by atoms with Crippen molar-refractivity contribution >= 4 is 17.7 Å². The fourth-order valence-electron chi connectivity index (χ4n) is 3.12. The summed E-state index contributed by atoms with van der Waals surface area (Å²) in [5.74, 6) is 2.00. The zero-order chi connectivity index (χ0) is 13.9. The molecular weight excluding hydrogens is 268 g/mol. The van der Waals surface area contributed by atoms with Crippen molar-refractivity contribution in [2.75, 3.05) is 39.0 Å². The predicted octanol–water partition coefficient (Wildman–Crippen LogP) is 2.43. The van der Waals surface area contributed by atoms with Crippen LogP contribution >= 0.6 is 11.8 Å². The Bertz CT molecular complexity index is 485. The summed E-state index contributed by atoms with van der Waals surface area (Å²) in [6.45, 7) is 3.44. The lowest BCUT2D eigenvalue weighted by Gasteiger charge is -2.23. The van der Waals surface area contributed by atoms with Crippen LogP contribution in [0.15, 0.2) is 29.2 Å². The minimum Gasteiger partial charge on any atom is -0.342 e. The fraction of sp³-hybridized carbons (Fsp3) is 0.562. The molecule has 1 aromatic carbocycles. The summed E-state index contributed by atoms with van der Waals surface area (Å²) in [5, 5.41) is 0. The number of amides is 1. The molecule has 108 valence electrons. The van der Waals surface area contributed by atoms with Crippen molar-refractivity contribution in [3.05, 3.63) is 29.8 Å². The molecule has 20 heavy (non-hydrogen) atoms. The Labute approximate surface area is 125 Å². The molecule has 0 aromatic heterocycles. The molecule has 1 atom stereocenters. The minimum absolute atomic E-state index is 0.295. The molecule has 0 N–H and O–H groups in total. The molecule has 1 aromatic rings. The van der Waals surface area contributed by atoms with Gasteiger partial charge in [0.25, 0.3) is 0 Å². The maximum Gasteiger partial charge on any atom is 0.236 e. The van der Waals surface area contributed by atoms with Gasteiger partial charge in [-0.1, -0.05) is 18.2 Å². The number of likely N-dealkylation sites (tertiary alicyclic amines) is 1. The number of benzene rings is 1. The van der Waals surface area contributed by atoms with Crippen molar-refractivity contribution in [3.8, 4) is 0 Å². The third-order valence-corrected chi connectivity index (χ3v) is 5.45. The standard InChI is InChI=1S/C16H22N2OS/c1-17(11-16(19)18-8-4-5-9-18)10-13-12-20-15-7-3-2-6-14(13)15/h2-3,6-7,13H,4-5,8-12H2,1H3. The van der Waals surface area contributed by atoms with E-state index in [0.717, 1.165) is 25.4 Å². The zero-order valence-corrected chi connectivity index (χ0v) is 12.9. The van der Waals surface area contributed by atoms with Crippen LogP contribution in [-0.4, -0.2) is 54.7 Å². The van der Waals surface area contributed by atoms with Gasteiger partial charge in [-0.3, -0.25) is 9.69 Å². The van der Waals surface area contributed by atoms with E-state index in [1.807, 2.05) is 16.7 Å². The molecule has 1 fully saturated rings. The molecule has 3 nitrogen and oxygen atoms in total. The van der Waals surface area contributed by atoms with Gasteiger partial charge in [0.15, 0.2) is 0 Å². The molecule has 0 radical (unpaired) electrons. The zero-order valence-electron chi connectivity index (χ0n) is 12.0.